The Hall–Kier alpha value is -3.26. The number of nitrogens with one attached hydrogen (secondary N) is 1. The molecular weight excluding hydrogens is 426 g/mol. The third-order valence-electron chi connectivity index (χ3n) is 4.30. The van der Waals surface area contributed by atoms with Gasteiger partial charge in [-0.05, 0) is 45.8 Å². The van der Waals surface area contributed by atoms with Crippen LogP contribution in [0.3, 0.4) is 0 Å². The third-order valence-corrected chi connectivity index (χ3v) is 4.77. The normalized spacial score (nSPS) is 17.0. The van der Waals surface area contributed by atoms with Gasteiger partial charge in [0.15, 0.2) is 0 Å². The molecule has 28 heavy (non-hydrogen) atoms. The van der Waals surface area contributed by atoms with Gasteiger partial charge in [0.1, 0.15) is 34.9 Å². The molecule has 7 nitrogen and oxygen atoms in total. The topological polar surface area (TPSA) is 107 Å². The quantitative estimate of drug-likeness (QED) is 0.451. The summed E-state index contributed by atoms with van der Waals surface area (Å²) in [5.41, 5.74) is 4.70. The molecule has 3 aromatic rings. The molecule has 0 saturated carbocycles. The minimum atomic E-state index is -0.396. The number of anilines is 1. The summed E-state index contributed by atoms with van der Waals surface area (Å²) in [5.74, 6) is 0.800. The van der Waals surface area contributed by atoms with E-state index in [0.29, 0.717) is 29.3 Å². The minimum absolute atomic E-state index is 0.107. The van der Waals surface area contributed by atoms with Crippen LogP contribution in [0.4, 0.5) is 5.82 Å². The largest absolute Gasteiger partial charge is 0.508 e. The Morgan fingerprint density at radius 3 is 2.54 bits per heavy atom. The number of hydrogen-bond acceptors (Lipinski definition) is 7. The maximum atomic E-state index is 10.3. The van der Waals surface area contributed by atoms with Crippen molar-refractivity contribution in [2.75, 3.05) is 5.43 Å². The number of fused-ring (bicyclic) bond motifs is 1. The number of nitrogens with zero attached hydrogens (tertiary/aromatic N) is 2. The molecule has 0 amide bonds. The van der Waals surface area contributed by atoms with Crippen LogP contribution < -0.4 is 10.2 Å². The fraction of sp³-hybridized carbons (Fsp3) is 0.100. The Labute approximate surface area is 169 Å². The van der Waals surface area contributed by atoms with Gasteiger partial charge < -0.3 is 20.1 Å². The third kappa shape index (κ3) is 3.72. The maximum absolute atomic E-state index is 10.3. The Morgan fingerprint density at radius 2 is 1.82 bits per heavy atom. The van der Waals surface area contributed by atoms with E-state index in [9.17, 15) is 15.3 Å². The highest BCUT2D eigenvalue weighted by Gasteiger charge is 2.29. The second kappa shape index (κ2) is 7.40. The number of phenolic OH excluding ortho intramolecular Hbond substituents is 3. The second-order valence-electron chi connectivity index (χ2n) is 6.27. The van der Waals surface area contributed by atoms with Gasteiger partial charge in [-0.15, -0.1) is 0 Å². The fourth-order valence-corrected chi connectivity index (χ4v) is 3.22. The van der Waals surface area contributed by atoms with Crippen LogP contribution in [-0.4, -0.2) is 26.0 Å². The number of rotatable bonds is 3. The molecular formula is C20H16BrN3O4. The van der Waals surface area contributed by atoms with Crippen LogP contribution in [0, 0.1) is 0 Å². The lowest BCUT2D eigenvalue weighted by molar-refractivity contribution is 0.204. The van der Waals surface area contributed by atoms with Gasteiger partial charge in [-0.1, -0.05) is 12.1 Å². The van der Waals surface area contributed by atoms with Crippen LogP contribution in [-0.2, 0) is 0 Å². The lowest BCUT2D eigenvalue weighted by Gasteiger charge is -2.28. The van der Waals surface area contributed by atoms with Gasteiger partial charge in [0.2, 0.25) is 0 Å². The van der Waals surface area contributed by atoms with Crippen molar-refractivity contribution >= 4 is 27.5 Å². The van der Waals surface area contributed by atoms with E-state index < -0.39 is 6.10 Å². The van der Waals surface area contributed by atoms with Gasteiger partial charge in [0.25, 0.3) is 0 Å². The molecule has 0 spiro atoms. The Balaban J connectivity index is 1.71. The van der Waals surface area contributed by atoms with Crippen molar-refractivity contribution in [3.05, 3.63) is 70.3 Å². The number of halogens is 1. The van der Waals surface area contributed by atoms with Crippen LogP contribution >= 0.6 is 15.9 Å². The van der Waals surface area contributed by atoms with E-state index in [4.69, 9.17) is 4.74 Å². The summed E-state index contributed by atoms with van der Waals surface area (Å²) in [5, 5.41) is 34.1. The van der Waals surface area contributed by atoms with E-state index in [1.165, 1.54) is 12.1 Å². The van der Waals surface area contributed by atoms with Gasteiger partial charge in [-0.2, -0.15) is 5.10 Å². The maximum Gasteiger partial charge on any atom is 0.146 e. The Bertz CT molecular complexity index is 1040. The van der Waals surface area contributed by atoms with E-state index in [1.807, 2.05) is 6.07 Å². The lowest BCUT2D eigenvalue weighted by Crippen LogP contribution is -2.22. The highest BCUT2D eigenvalue weighted by Crippen LogP contribution is 2.42. The number of benzene rings is 2. The van der Waals surface area contributed by atoms with E-state index in [1.54, 1.807) is 36.5 Å². The molecule has 1 aliphatic rings. The fourth-order valence-electron chi connectivity index (χ4n) is 2.99. The van der Waals surface area contributed by atoms with Crippen LogP contribution in [0.15, 0.2) is 64.3 Å². The van der Waals surface area contributed by atoms with Crippen molar-refractivity contribution in [1.29, 1.82) is 0 Å². The molecule has 2 aromatic carbocycles. The standard InChI is InChI=1S/C20H16BrN3O4/c21-12-3-6-19(22-10-12)24-23-15-9-17(11-1-4-13(25)5-2-11)28-18-8-14(26)7-16(27)20(15)18/h1-8,10,17,25-27H,9H2,(H,22,24)/b23-15+/t17-/m0/s1. The van der Waals surface area contributed by atoms with Crippen LogP contribution in [0.5, 0.6) is 23.0 Å². The molecule has 0 saturated heterocycles. The average molecular weight is 442 g/mol. The molecule has 142 valence electrons. The summed E-state index contributed by atoms with van der Waals surface area (Å²) < 4.78 is 6.84. The number of aromatic nitrogens is 1. The monoisotopic (exact) mass is 441 g/mol. The molecule has 0 aliphatic carbocycles. The first-order chi connectivity index (χ1) is 13.5. The number of phenols is 3. The van der Waals surface area contributed by atoms with Gasteiger partial charge in [-0.3, -0.25) is 5.43 Å². The van der Waals surface area contributed by atoms with Crippen molar-refractivity contribution < 1.29 is 20.1 Å². The zero-order valence-corrected chi connectivity index (χ0v) is 16.1. The molecule has 4 N–H and O–H groups in total. The van der Waals surface area contributed by atoms with Crippen molar-refractivity contribution in [1.82, 2.24) is 4.98 Å². The van der Waals surface area contributed by atoms with E-state index in [0.717, 1.165) is 10.0 Å². The number of ether oxygens (including phenoxy) is 1. The zero-order valence-electron chi connectivity index (χ0n) is 14.5. The summed E-state index contributed by atoms with van der Waals surface area (Å²) in [6, 6.07) is 13.0. The summed E-state index contributed by atoms with van der Waals surface area (Å²) in [6.07, 6.45) is 1.63. The van der Waals surface area contributed by atoms with Crippen LogP contribution in [0.25, 0.3) is 0 Å². The highest BCUT2D eigenvalue weighted by molar-refractivity contribution is 9.10. The summed E-state index contributed by atoms with van der Waals surface area (Å²) in [4.78, 5) is 4.22. The predicted octanol–water partition coefficient (Wildman–Crippen LogP) is 4.30. The van der Waals surface area contributed by atoms with Crippen molar-refractivity contribution in [2.45, 2.75) is 12.5 Å². The van der Waals surface area contributed by atoms with E-state index in [-0.39, 0.29) is 17.2 Å². The van der Waals surface area contributed by atoms with Crippen LogP contribution in [0.1, 0.15) is 23.7 Å². The van der Waals surface area contributed by atoms with Crippen LogP contribution in [0.2, 0.25) is 0 Å². The first kappa shape index (κ1) is 18.1. The smallest absolute Gasteiger partial charge is 0.146 e. The van der Waals surface area contributed by atoms with Crippen molar-refractivity contribution in [3.63, 3.8) is 0 Å². The molecule has 1 aliphatic heterocycles. The Morgan fingerprint density at radius 1 is 1.04 bits per heavy atom. The van der Waals surface area contributed by atoms with Gasteiger partial charge in [-0.25, -0.2) is 4.98 Å². The molecule has 0 unspecified atom stereocenters. The van der Waals surface area contributed by atoms with E-state index in [2.05, 4.69) is 31.4 Å². The van der Waals surface area contributed by atoms with Gasteiger partial charge in [0, 0.05) is 29.2 Å². The lowest BCUT2D eigenvalue weighted by atomic mass is 9.94. The summed E-state index contributed by atoms with van der Waals surface area (Å²) in [6.45, 7) is 0. The van der Waals surface area contributed by atoms with Crippen molar-refractivity contribution in [3.8, 4) is 23.0 Å². The summed E-state index contributed by atoms with van der Waals surface area (Å²) in [7, 11) is 0. The molecule has 1 atom stereocenters. The molecule has 1 aromatic heterocycles. The SMILES string of the molecule is Oc1ccc([C@@H]2C/C(=N\Nc3ccc(Br)cn3)c3c(O)cc(O)cc3O2)cc1. The van der Waals surface area contributed by atoms with Gasteiger partial charge >= 0.3 is 0 Å². The number of hydrazone groups is 1. The molecule has 8 heteroatoms. The first-order valence-corrected chi connectivity index (χ1v) is 9.25. The second-order valence-corrected chi connectivity index (χ2v) is 7.19. The van der Waals surface area contributed by atoms with Gasteiger partial charge in [0.05, 0.1) is 11.3 Å². The minimum Gasteiger partial charge on any atom is -0.508 e. The Kier molecular flexibility index (Phi) is 4.79. The highest BCUT2D eigenvalue weighted by atomic mass is 79.9. The number of aromatic hydroxyl groups is 3. The first-order valence-electron chi connectivity index (χ1n) is 8.45. The molecule has 0 radical (unpaired) electrons. The predicted molar refractivity (Wildman–Crippen MR) is 108 cm³/mol. The molecule has 0 bridgehead atoms. The molecule has 2 heterocycles. The molecule has 0 fully saturated rings. The molecule has 4 rings (SSSR count). The zero-order chi connectivity index (χ0) is 19.7. The number of pyridine rings is 1. The van der Waals surface area contributed by atoms with E-state index >= 15 is 0 Å². The van der Waals surface area contributed by atoms with Crippen molar-refractivity contribution in [2.24, 2.45) is 5.10 Å². The summed E-state index contributed by atoms with van der Waals surface area (Å²) >= 11 is 3.33. The number of hydrogen-bond donors (Lipinski definition) is 4. The average Bonchev–Trinajstić information content (AvgIpc) is 2.67.